The molecule has 0 aliphatic heterocycles. The van der Waals surface area contributed by atoms with Crippen LogP contribution in [0.2, 0.25) is 0 Å². The summed E-state index contributed by atoms with van der Waals surface area (Å²) in [4.78, 5) is 0. The number of halogens is 1. The van der Waals surface area contributed by atoms with E-state index in [1.807, 2.05) is 4.57 Å². The summed E-state index contributed by atoms with van der Waals surface area (Å²) in [5.41, 5.74) is 0.0354. The molecule has 0 fully saturated rings. The van der Waals surface area contributed by atoms with E-state index in [9.17, 15) is 4.39 Å². The first-order valence-electron chi connectivity index (χ1n) is 3.67. The van der Waals surface area contributed by atoms with E-state index in [1.165, 1.54) is 12.1 Å². The van der Waals surface area contributed by atoms with Crippen LogP contribution in [0.1, 0.15) is 20.8 Å². The normalized spacial score (nSPS) is 11.6. The zero-order chi connectivity index (χ0) is 8.48. The van der Waals surface area contributed by atoms with E-state index >= 15 is 0 Å². The maximum atomic E-state index is 12.5. The van der Waals surface area contributed by atoms with Gasteiger partial charge in [-0.1, -0.05) is 0 Å². The van der Waals surface area contributed by atoms with E-state index in [-0.39, 0.29) is 11.4 Å². The fourth-order valence-corrected chi connectivity index (χ4v) is 0.855. The van der Waals surface area contributed by atoms with Crippen LogP contribution >= 0.6 is 0 Å². The fourth-order valence-electron chi connectivity index (χ4n) is 0.855. The smallest absolute Gasteiger partial charge is 0.172 e. The first kappa shape index (κ1) is 8.18. The van der Waals surface area contributed by atoms with E-state index < -0.39 is 0 Å². The summed E-state index contributed by atoms with van der Waals surface area (Å²) in [6.07, 6.45) is 3.49. The Kier molecular flexibility index (Phi) is 1.94. The largest absolute Gasteiger partial charge is 0.207 e. The van der Waals surface area contributed by atoms with E-state index in [2.05, 4.69) is 20.8 Å². The maximum Gasteiger partial charge on any atom is 0.172 e. The van der Waals surface area contributed by atoms with Crippen LogP contribution in [0.4, 0.5) is 4.39 Å². The van der Waals surface area contributed by atoms with Gasteiger partial charge in [0.25, 0.3) is 0 Å². The van der Waals surface area contributed by atoms with Crippen molar-refractivity contribution < 1.29 is 8.96 Å². The van der Waals surface area contributed by atoms with E-state index in [1.54, 1.807) is 12.4 Å². The van der Waals surface area contributed by atoms with Crippen molar-refractivity contribution in [2.75, 3.05) is 0 Å². The molecule has 0 spiro atoms. The number of rotatable bonds is 0. The molecule has 1 aromatic heterocycles. The van der Waals surface area contributed by atoms with Gasteiger partial charge in [-0.2, -0.15) is 0 Å². The SMILES string of the molecule is CC(C)(C)[n+]1ccc(F)cc1. The summed E-state index contributed by atoms with van der Waals surface area (Å²) < 4.78 is 14.4. The number of nitrogens with zero attached hydrogens (tertiary/aromatic N) is 1. The highest BCUT2D eigenvalue weighted by Gasteiger charge is 2.19. The van der Waals surface area contributed by atoms with Crippen molar-refractivity contribution in [2.45, 2.75) is 26.3 Å². The molecule has 0 aliphatic carbocycles. The number of pyridine rings is 1. The summed E-state index contributed by atoms with van der Waals surface area (Å²) in [5.74, 6) is -0.189. The van der Waals surface area contributed by atoms with Gasteiger partial charge < -0.3 is 0 Å². The van der Waals surface area contributed by atoms with Crippen LogP contribution in [0.5, 0.6) is 0 Å². The Labute approximate surface area is 66.5 Å². The lowest BCUT2D eigenvalue weighted by molar-refractivity contribution is -0.754. The third-order valence-electron chi connectivity index (χ3n) is 1.56. The molecular weight excluding hydrogens is 141 g/mol. The third-order valence-corrected chi connectivity index (χ3v) is 1.56. The summed E-state index contributed by atoms with van der Waals surface area (Å²) in [5, 5.41) is 0. The highest BCUT2D eigenvalue weighted by atomic mass is 19.1. The zero-order valence-electron chi connectivity index (χ0n) is 7.13. The Morgan fingerprint density at radius 1 is 1.18 bits per heavy atom. The van der Waals surface area contributed by atoms with Gasteiger partial charge in [-0.05, 0) is 0 Å². The van der Waals surface area contributed by atoms with Gasteiger partial charge in [0.2, 0.25) is 0 Å². The second-order valence-corrected chi connectivity index (χ2v) is 3.59. The molecule has 2 heteroatoms. The average Bonchev–Trinajstić information content (AvgIpc) is 1.86. The standard InChI is InChI=1S/C9H13FN/c1-9(2,3)11-6-4-8(10)5-7-11/h4-7H,1-3H3/q+1. The molecule has 11 heavy (non-hydrogen) atoms. The van der Waals surface area contributed by atoms with Gasteiger partial charge in [-0.3, -0.25) is 0 Å². The van der Waals surface area contributed by atoms with Crippen molar-refractivity contribution in [3.05, 3.63) is 30.3 Å². The van der Waals surface area contributed by atoms with Crippen LogP contribution in [0.3, 0.4) is 0 Å². The van der Waals surface area contributed by atoms with E-state index in [0.717, 1.165) is 0 Å². The zero-order valence-corrected chi connectivity index (χ0v) is 7.13. The summed E-state index contributed by atoms with van der Waals surface area (Å²) >= 11 is 0. The highest BCUT2D eigenvalue weighted by molar-refractivity contribution is 4.89. The Balaban J connectivity index is 2.99. The lowest BCUT2D eigenvalue weighted by Crippen LogP contribution is -2.49. The first-order chi connectivity index (χ1) is 5.00. The molecule has 0 aromatic carbocycles. The number of hydrogen-bond acceptors (Lipinski definition) is 0. The molecule has 1 heterocycles. The molecule has 0 amide bonds. The Bertz CT molecular complexity index is 233. The summed E-state index contributed by atoms with van der Waals surface area (Å²) in [6.45, 7) is 6.22. The van der Waals surface area contributed by atoms with Crippen molar-refractivity contribution in [2.24, 2.45) is 0 Å². The minimum atomic E-state index is -0.189. The molecule has 60 valence electrons. The fraction of sp³-hybridized carbons (Fsp3) is 0.444. The van der Waals surface area contributed by atoms with E-state index in [4.69, 9.17) is 0 Å². The molecule has 0 atom stereocenters. The molecule has 1 nitrogen and oxygen atoms in total. The molecule has 0 unspecified atom stereocenters. The van der Waals surface area contributed by atoms with Gasteiger partial charge in [-0.25, -0.2) is 8.96 Å². The van der Waals surface area contributed by atoms with Crippen LogP contribution in [0, 0.1) is 5.82 Å². The van der Waals surface area contributed by atoms with E-state index in [0.29, 0.717) is 0 Å². The Hall–Kier alpha value is -0.920. The summed E-state index contributed by atoms with van der Waals surface area (Å²) in [7, 11) is 0. The first-order valence-corrected chi connectivity index (χ1v) is 3.67. The third kappa shape index (κ3) is 2.00. The Morgan fingerprint density at radius 3 is 2.00 bits per heavy atom. The monoisotopic (exact) mass is 154 g/mol. The quantitative estimate of drug-likeness (QED) is 0.502. The van der Waals surface area contributed by atoms with Crippen molar-refractivity contribution in [1.29, 1.82) is 0 Å². The predicted octanol–water partition coefficient (Wildman–Crippen LogP) is 1.87. The molecule has 0 bridgehead atoms. The molecule has 0 N–H and O–H groups in total. The molecule has 0 saturated heterocycles. The average molecular weight is 154 g/mol. The number of aromatic nitrogens is 1. The van der Waals surface area contributed by atoms with Gasteiger partial charge in [0.05, 0.1) is 0 Å². The molecule has 0 saturated carbocycles. The lowest BCUT2D eigenvalue weighted by atomic mass is 10.1. The number of hydrogen-bond donors (Lipinski definition) is 0. The van der Waals surface area contributed by atoms with Crippen molar-refractivity contribution >= 4 is 0 Å². The van der Waals surface area contributed by atoms with Crippen molar-refractivity contribution in [3.8, 4) is 0 Å². The predicted molar refractivity (Wildman–Crippen MR) is 41.6 cm³/mol. The maximum absolute atomic E-state index is 12.5. The molecule has 1 rings (SSSR count). The topological polar surface area (TPSA) is 3.88 Å². The van der Waals surface area contributed by atoms with Crippen molar-refractivity contribution in [3.63, 3.8) is 0 Å². The molecular formula is C9H13FN+. The minimum absolute atomic E-state index is 0.0354. The van der Waals surface area contributed by atoms with Crippen LogP contribution in [0.25, 0.3) is 0 Å². The molecule has 1 aromatic rings. The Morgan fingerprint density at radius 2 is 1.64 bits per heavy atom. The second-order valence-electron chi connectivity index (χ2n) is 3.59. The van der Waals surface area contributed by atoms with Gasteiger partial charge in [0, 0.05) is 32.9 Å². The minimum Gasteiger partial charge on any atom is -0.207 e. The highest BCUT2D eigenvalue weighted by Crippen LogP contribution is 2.02. The van der Waals surface area contributed by atoms with Crippen LogP contribution in [-0.4, -0.2) is 0 Å². The van der Waals surface area contributed by atoms with Crippen LogP contribution < -0.4 is 4.57 Å². The van der Waals surface area contributed by atoms with Gasteiger partial charge in [0.1, 0.15) is 5.82 Å². The molecule has 0 aliphatic rings. The van der Waals surface area contributed by atoms with Crippen molar-refractivity contribution in [1.82, 2.24) is 0 Å². The van der Waals surface area contributed by atoms with Gasteiger partial charge >= 0.3 is 0 Å². The van der Waals surface area contributed by atoms with Crippen LogP contribution in [0.15, 0.2) is 24.5 Å². The lowest BCUT2D eigenvalue weighted by Gasteiger charge is -2.11. The van der Waals surface area contributed by atoms with Crippen LogP contribution in [-0.2, 0) is 5.54 Å². The summed E-state index contributed by atoms with van der Waals surface area (Å²) in [6, 6.07) is 2.93. The van der Waals surface area contributed by atoms with Gasteiger partial charge in [0.15, 0.2) is 17.9 Å². The second kappa shape index (κ2) is 2.61. The van der Waals surface area contributed by atoms with Gasteiger partial charge in [-0.15, -0.1) is 0 Å². The molecule has 0 radical (unpaired) electrons.